The van der Waals surface area contributed by atoms with Gasteiger partial charge in [0.05, 0.1) is 25.8 Å². The number of nitrogen functional groups attached to an aromatic ring is 1. The summed E-state index contributed by atoms with van der Waals surface area (Å²) in [4.78, 5) is 36.2. The summed E-state index contributed by atoms with van der Waals surface area (Å²) in [6.07, 6.45) is 5.38. The number of anilines is 1. The molecule has 0 amide bonds. The van der Waals surface area contributed by atoms with Crippen LogP contribution in [-0.4, -0.2) is 14.9 Å². The van der Waals surface area contributed by atoms with Crippen LogP contribution in [0.1, 0.15) is 0 Å². The van der Waals surface area contributed by atoms with Crippen LogP contribution in [0.4, 0.5) is 11.4 Å². The van der Waals surface area contributed by atoms with E-state index in [1.165, 1.54) is 12.4 Å². The second-order valence-electron chi connectivity index (χ2n) is 3.36. The number of aromatic nitrogens is 2. The number of aromatic amines is 2. The Hall–Kier alpha value is -1.94. The minimum absolute atomic E-state index is 0.159. The van der Waals surface area contributed by atoms with Gasteiger partial charge >= 0.3 is 5.69 Å². The molecule has 2 aromatic heterocycles. The molecule has 0 spiro atoms. The highest BCUT2D eigenvalue weighted by Crippen LogP contribution is 2.06. The largest absolute Gasteiger partial charge is 0.394 e. The van der Waals surface area contributed by atoms with Gasteiger partial charge in [-0.05, 0) is 31.9 Å². The van der Waals surface area contributed by atoms with E-state index in [4.69, 9.17) is 5.73 Å². The fourth-order valence-electron chi connectivity index (χ4n) is 1.06. The third-order valence-electron chi connectivity index (χ3n) is 2.00. The Morgan fingerprint density at radius 1 is 1.00 bits per heavy atom. The van der Waals surface area contributed by atoms with E-state index in [1.54, 1.807) is 6.20 Å². The summed E-state index contributed by atoms with van der Waals surface area (Å²) in [5.74, 6) is 0. The van der Waals surface area contributed by atoms with Crippen molar-refractivity contribution in [3.63, 3.8) is 0 Å². The van der Waals surface area contributed by atoms with E-state index >= 15 is 0 Å². The Balaban J connectivity index is 0.000000204. The van der Waals surface area contributed by atoms with Gasteiger partial charge in [0.15, 0.2) is 0 Å². The Morgan fingerprint density at radius 3 is 1.90 bits per heavy atom. The predicted octanol–water partition coefficient (Wildman–Crippen LogP) is 1.77. The summed E-state index contributed by atoms with van der Waals surface area (Å²) in [7, 11) is 0. The number of H-pyrrole nitrogens is 2. The first-order valence-corrected chi connectivity index (χ1v) is 6.56. The van der Waals surface area contributed by atoms with E-state index in [1.807, 2.05) is 0 Å². The van der Waals surface area contributed by atoms with Crippen LogP contribution >= 0.6 is 31.9 Å². The van der Waals surface area contributed by atoms with Crippen molar-refractivity contribution in [2.24, 2.45) is 0 Å². The number of nitrogens with zero attached hydrogens (tertiary/aromatic N) is 1. The minimum atomic E-state index is -0.733. The van der Waals surface area contributed by atoms with Crippen molar-refractivity contribution in [1.29, 1.82) is 0 Å². The van der Waals surface area contributed by atoms with Crippen LogP contribution in [0.15, 0.2) is 43.3 Å². The molecule has 0 aliphatic carbocycles. The van der Waals surface area contributed by atoms with E-state index in [0.29, 0.717) is 4.47 Å². The van der Waals surface area contributed by atoms with Crippen molar-refractivity contribution in [3.8, 4) is 0 Å². The van der Waals surface area contributed by atoms with E-state index in [0.717, 1.165) is 6.20 Å². The zero-order chi connectivity index (χ0) is 15.3. The highest BCUT2D eigenvalue weighted by Gasteiger charge is 2.12. The molecule has 0 aliphatic rings. The predicted molar refractivity (Wildman–Crippen MR) is 80.6 cm³/mol. The number of nitrogens with one attached hydrogen (secondary N) is 2. The Kier molecular flexibility index (Phi) is 5.65. The smallest absolute Gasteiger partial charge is 0.333 e. The molecule has 8 nitrogen and oxygen atoms in total. The number of hydrogen-bond acceptors (Lipinski definition) is 5. The molecule has 0 unspecified atom stereocenters. The number of rotatable bonds is 1. The lowest BCUT2D eigenvalue weighted by Crippen LogP contribution is -2.08. The topological polar surface area (TPSA) is 135 Å². The van der Waals surface area contributed by atoms with Crippen LogP contribution in [0.5, 0.6) is 0 Å². The van der Waals surface area contributed by atoms with Gasteiger partial charge in [-0.25, -0.2) is 0 Å². The second-order valence-corrected chi connectivity index (χ2v) is 5.07. The number of pyridine rings is 2. The molecule has 0 saturated heterocycles. The molecule has 0 aromatic carbocycles. The van der Waals surface area contributed by atoms with E-state index < -0.39 is 16.0 Å². The maximum atomic E-state index is 10.9. The summed E-state index contributed by atoms with van der Waals surface area (Å²) < 4.78 is 0.620. The van der Waals surface area contributed by atoms with Crippen LogP contribution in [0, 0.1) is 10.1 Å². The van der Waals surface area contributed by atoms with Crippen molar-refractivity contribution in [2.75, 3.05) is 5.73 Å². The van der Waals surface area contributed by atoms with Crippen LogP contribution < -0.4 is 16.6 Å². The Bertz CT molecular complexity index is 717. The van der Waals surface area contributed by atoms with Gasteiger partial charge < -0.3 is 15.7 Å². The molecule has 4 N–H and O–H groups in total. The lowest BCUT2D eigenvalue weighted by Gasteiger charge is -1.89. The molecule has 20 heavy (non-hydrogen) atoms. The summed E-state index contributed by atoms with van der Waals surface area (Å²) in [6, 6.07) is 0. The molecular weight excluding hydrogens is 400 g/mol. The molecule has 0 radical (unpaired) electrons. The first-order valence-electron chi connectivity index (χ1n) is 4.97. The van der Waals surface area contributed by atoms with Crippen LogP contribution in [0.2, 0.25) is 0 Å². The van der Waals surface area contributed by atoms with Gasteiger partial charge in [-0.15, -0.1) is 0 Å². The Morgan fingerprint density at radius 2 is 1.50 bits per heavy atom. The fourth-order valence-corrected chi connectivity index (χ4v) is 1.75. The molecular formula is C10H8Br2N4O4. The summed E-state index contributed by atoms with van der Waals surface area (Å²) in [5.41, 5.74) is 4.22. The van der Waals surface area contributed by atoms with Gasteiger partial charge in [0, 0.05) is 18.6 Å². The highest BCUT2D eigenvalue weighted by atomic mass is 79.9. The van der Waals surface area contributed by atoms with Gasteiger partial charge in [0.25, 0.3) is 5.43 Å². The zero-order valence-corrected chi connectivity index (χ0v) is 12.9. The fraction of sp³-hybridized carbons (Fsp3) is 0. The maximum Gasteiger partial charge on any atom is 0.333 e. The normalized spacial score (nSPS) is 9.50. The lowest BCUT2D eigenvalue weighted by atomic mass is 10.4. The third kappa shape index (κ3) is 4.03. The molecule has 0 atom stereocenters. The number of nitro groups is 1. The molecule has 10 heteroatoms. The average molecular weight is 408 g/mol. The molecule has 0 fully saturated rings. The minimum Gasteiger partial charge on any atom is -0.394 e. The van der Waals surface area contributed by atoms with Crippen LogP contribution in [0.25, 0.3) is 0 Å². The van der Waals surface area contributed by atoms with E-state index in [2.05, 4.69) is 41.8 Å². The van der Waals surface area contributed by atoms with E-state index in [9.17, 15) is 19.7 Å². The molecule has 0 aliphatic heterocycles. The zero-order valence-electron chi connectivity index (χ0n) is 9.72. The molecule has 106 valence electrons. The van der Waals surface area contributed by atoms with Crippen molar-refractivity contribution in [1.82, 2.24) is 9.97 Å². The molecule has 2 rings (SSSR count). The highest BCUT2D eigenvalue weighted by molar-refractivity contribution is 9.10. The van der Waals surface area contributed by atoms with Crippen LogP contribution in [-0.2, 0) is 0 Å². The van der Waals surface area contributed by atoms with Crippen molar-refractivity contribution < 1.29 is 4.92 Å². The van der Waals surface area contributed by atoms with Crippen molar-refractivity contribution in [3.05, 3.63) is 64.3 Å². The maximum absolute atomic E-state index is 10.9. The number of nitrogens with two attached hydrogens (primary N) is 1. The van der Waals surface area contributed by atoms with Gasteiger partial charge in [-0.3, -0.25) is 19.7 Å². The SMILES string of the molecule is Nc1c[nH]cc(Br)c1=O.O=c1c(Br)c[nH]cc1[N+](=O)[O-]. The van der Waals surface area contributed by atoms with Crippen molar-refractivity contribution >= 4 is 43.2 Å². The standard InChI is InChI=1S/C5H3BrN2O3.C5H5BrN2O/c6-3-1-7-2-4(5(3)9)8(10)11;6-3-1-8-2-4(7)5(3)9/h1-2H,(H,7,9);1-2H,7H2,(H,8,9). The first kappa shape index (κ1) is 16.1. The summed E-state index contributed by atoms with van der Waals surface area (Å²) >= 11 is 5.89. The molecule has 0 bridgehead atoms. The molecule has 2 heterocycles. The van der Waals surface area contributed by atoms with Gasteiger partial charge in [-0.1, -0.05) is 0 Å². The summed E-state index contributed by atoms with van der Waals surface area (Å²) in [6.45, 7) is 0. The molecule has 0 saturated carbocycles. The summed E-state index contributed by atoms with van der Waals surface area (Å²) in [5, 5.41) is 10.1. The van der Waals surface area contributed by atoms with Gasteiger partial charge in [-0.2, -0.15) is 0 Å². The van der Waals surface area contributed by atoms with Crippen LogP contribution in [0.3, 0.4) is 0 Å². The average Bonchev–Trinajstić information content (AvgIpc) is 2.39. The van der Waals surface area contributed by atoms with Crippen molar-refractivity contribution in [2.45, 2.75) is 0 Å². The monoisotopic (exact) mass is 406 g/mol. The third-order valence-corrected chi connectivity index (χ3v) is 3.18. The lowest BCUT2D eigenvalue weighted by molar-refractivity contribution is -0.386. The Labute approximate surface area is 128 Å². The molecule has 2 aromatic rings. The quantitative estimate of drug-likeness (QED) is 0.489. The van der Waals surface area contributed by atoms with Gasteiger partial charge in [0.2, 0.25) is 5.43 Å². The number of hydrogen-bond donors (Lipinski definition) is 3. The van der Waals surface area contributed by atoms with E-state index in [-0.39, 0.29) is 15.6 Å². The van der Waals surface area contributed by atoms with Gasteiger partial charge in [0.1, 0.15) is 0 Å². The second kappa shape index (κ2) is 7.01. The first-order chi connectivity index (χ1) is 9.34. The number of halogens is 2.